The summed E-state index contributed by atoms with van der Waals surface area (Å²) in [5, 5.41) is 2.44. The van der Waals surface area contributed by atoms with E-state index >= 15 is 0 Å². The first-order valence-electron chi connectivity index (χ1n) is 9.62. The van der Waals surface area contributed by atoms with E-state index in [0.29, 0.717) is 12.1 Å². The van der Waals surface area contributed by atoms with Gasteiger partial charge in [0, 0.05) is 26.1 Å². The SMILES string of the molecule is CCCN1C[NH2+]C2C[C@@H](C(=O)OC)N(CC3CCCCC3)CC21. The summed E-state index contributed by atoms with van der Waals surface area (Å²) in [6, 6.07) is 1.15. The van der Waals surface area contributed by atoms with E-state index in [9.17, 15) is 4.79 Å². The van der Waals surface area contributed by atoms with Crippen molar-refractivity contribution in [3.8, 4) is 0 Å². The number of quaternary nitrogens is 1. The maximum atomic E-state index is 12.3. The molecule has 0 aromatic carbocycles. The first-order valence-corrected chi connectivity index (χ1v) is 9.62. The third-order valence-electron chi connectivity index (χ3n) is 6.17. The molecular formula is C18H34N3O2+. The molecule has 5 nitrogen and oxygen atoms in total. The number of ether oxygens (including phenoxy) is 1. The summed E-state index contributed by atoms with van der Waals surface area (Å²) in [4.78, 5) is 17.4. The molecule has 3 aliphatic rings. The highest BCUT2D eigenvalue weighted by Crippen LogP contribution is 2.29. The van der Waals surface area contributed by atoms with Crippen molar-refractivity contribution in [2.45, 2.75) is 70.0 Å². The molecule has 2 N–H and O–H groups in total. The third kappa shape index (κ3) is 3.89. The van der Waals surface area contributed by atoms with E-state index in [4.69, 9.17) is 4.74 Å². The highest BCUT2D eigenvalue weighted by atomic mass is 16.5. The molecule has 3 fully saturated rings. The molecule has 0 aromatic rings. The number of nitrogens with zero attached hydrogens (tertiary/aromatic N) is 2. The number of hydrogen-bond donors (Lipinski definition) is 1. The van der Waals surface area contributed by atoms with E-state index in [1.54, 1.807) is 0 Å². The second kappa shape index (κ2) is 7.95. The fourth-order valence-electron chi connectivity index (χ4n) is 4.94. The predicted octanol–water partition coefficient (Wildman–Crippen LogP) is 0.798. The Balaban J connectivity index is 1.68. The van der Waals surface area contributed by atoms with Gasteiger partial charge in [-0.15, -0.1) is 0 Å². The van der Waals surface area contributed by atoms with Crippen molar-refractivity contribution in [2.75, 3.05) is 33.4 Å². The quantitative estimate of drug-likeness (QED) is 0.760. The van der Waals surface area contributed by atoms with Crippen LogP contribution in [-0.4, -0.2) is 67.3 Å². The molecule has 2 saturated heterocycles. The monoisotopic (exact) mass is 324 g/mol. The van der Waals surface area contributed by atoms with Crippen LogP contribution >= 0.6 is 0 Å². The summed E-state index contributed by atoms with van der Waals surface area (Å²) in [6.07, 6.45) is 8.95. The molecule has 2 aliphatic heterocycles. The number of methoxy groups -OCH3 is 1. The van der Waals surface area contributed by atoms with Gasteiger partial charge in [-0.25, -0.2) is 4.90 Å². The highest BCUT2D eigenvalue weighted by Gasteiger charge is 2.47. The minimum absolute atomic E-state index is 0.0263. The molecule has 2 heterocycles. The average molecular weight is 324 g/mol. The second-order valence-electron chi connectivity index (χ2n) is 7.69. The van der Waals surface area contributed by atoms with Crippen molar-refractivity contribution in [3.05, 3.63) is 0 Å². The zero-order valence-corrected chi connectivity index (χ0v) is 14.9. The Morgan fingerprint density at radius 3 is 2.70 bits per heavy atom. The summed E-state index contributed by atoms with van der Waals surface area (Å²) >= 11 is 0. The zero-order chi connectivity index (χ0) is 16.2. The molecule has 0 radical (unpaired) electrons. The van der Waals surface area contributed by atoms with Crippen LogP contribution in [0.4, 0.5) is 0 Å². The van der Waals surface area contributed by atoms with E-state index in [0.717, 1.165) is 32.1 Å². The van der Waals surface area contributed by atoms with Crippen molar-refractivity contribution < 1.29 is 14.8 Å². The molecule has 0 spiro atoms. The summed E-state index contributed by atoms with van der Waals surface area (Å²) in [5.74, 6) is 0.749. The van der Waals surface area contributed by atoms with Crippen LogP contribution in [-0.2, 0) is 9.53 Å². The molecule has 0 aromatic heterocycles. The van der Waals surface area contributed by atoms with Crippen LogP contribution in [0.25, 0.3) is 0 Å². The molecule has 1 saturated carbocycles. The van der Waals surface area contributed by atoms with Crippen LogP contribution in [0, 0.1) is 5.92 Å². The Labute approximate surface area is 140 Å². The number of nitrogens with two attached hydrogens (primary N) is 1. The number of likely N-dealkylation sites (tertiary alicyclic amines) is 1. The Hall–Kier alpha value is -0.650. The van der Waals surface area contributed by atoms with Crippen molar-refractivity contribution in [1.29, 1.82) is 0 Å². The normalized spacial score (nSPS) is 33.6. The summed E-state index contributed by atoms with van der Waals surface area (Å²) < 4.78 is 5.12. The lowest BCUT2D eigenvalue weighted by atomic mass is 9.86. The molecule has 23 heavy (non-hydrogen) atoms. The second-order valence-corrected chi connectivity index (χ2v) is 7.69. The van der Waals surface area contributed by atoms with Gasteiger partial charge in [-0.05, 0) is 25.2 Å². The van der Waals surface area contributed by atoms with Crippen LogP contribution in [0.1, 0.15) is 51.9 Å². The van der Waals surface area contributed by atoms with Gasteiger partial charge in [-0.2, -0.15) is 0 Å². The minimum atomic E-state index is -0.0268. The Kier molecular flexibility index (Phi) is 5.94. The van der Waals surface area contributed by atoms with Gasteiger partial charge in [0.05, 0.1) is 13.2 Å². The standard InChI is InChI=1S/C18H33N3O2/c1-3-9-20-13-19-15-10-16(18(22)23-2)21(12-17(15)20)11-14-7-5-4-6-8-14/h14-17,19H,3-13H2,1-2H3/p+1/t15?,16-,17?/m0/s1. The number of rotatable bonds is 5. The summed E-state index contributed by atoms with van der Waals surface area (Å²) in [6.45, 7) is 6.65. The predicted molar refractivity (Wildman–Crippen MR) is 89.9 cm³/mol. The Morgan fingerprint density at radius 1 is 1.22 bits per heavy atom. The number of esters is 1. The molecule has 1 aliphatic carbocycles. The molecule has 5 heteroatoms. The van der Waals surface area contributed by atoms with Crippen LogP contribution in [0.15, 0.2) is 0 Å². The van der Waals surface area contributed by atoms with Crippen LogP contribution in [0.3, 0.4) is 0 Å². The van der Waals surface area contributed by atoms with Gasteiger partial charge in [0.15, 0.2) is 0 Å². The fourth-order valence-corrected chi connectivity index (χ4v) is 4.94. The van der Waals surface area contributed by atoms with Gasteiger partial charge in [-0.1, -0.05) is 26.2 Å². The van der Waals surface area contributed by atoms with E-state index in [2.05, 4.69) is 22.0 Å². The molecule has 3 rings (SSSR count). The van der Waals surface area contributed by atoms with Gasteiger partial charge in [0.25, 0.3) is 0 Å². The van der Waals surface area contributed by atoms with Crippen LogP contribution in [0.5, 0.6) is 0 Å². The van der Waals surface area contributed by atoms with E-state index in [1.807, 2.05) is 0 Å². The lowest BCUT2D eigenvalue weighted by Crippen LogP contribution is -2.89. The van der Waals surface area contributed by atoms with Crippen molar-refractivity contribution in [1.82, 2.24) is 9.80 Å². The number of carbonyl (C=O) groups is 1. The van der Waals surface area contributed by atoms with Crippen LogP contribution in [0.2, 0.25) is 0 Å². The Morgan fingerprint density at radius 2 is 2.00 bits per heavy atom. The first-order chi connectivity index (χ1) is 11.2. The first kappa shape index (κ1) is 17.2. The fraction of sp³-hybridized carbons (Fsp3) is 0.944. The largest absolute Gasteiger partial charge is 0.468 e. The molecule has 2 unspecified atom stereocenters. The summed E-state index contributed by atoms with van der Waals surface area (Å²) in [7, 11) is 1.54. The van der Waals surface area contributed by atoms with Crippen LogP contribution < -0.4 is 5.32 Å². The van der Waals surface area contributed by atoms with Gasteiger partial charge >= 0.3 is 5.97 Å². The number of piperidine rings is 1. The maximum absolute atomic E-state index is 12.3. The molecule has 132 valence electrons. The number of hydrogen-bond acceptors (Lipinski definition) is 4. The van der Waals surface area contributed by atoms with Crippen molar-refractivity contribution in [3.63, 3.8) is 0 Å². The van der Waals surface area contributed by atoms with Crippen molar-refractivity contribution in [2.24, 2.45) is 5.92 Å². The highest BCUT2D eigenvalue weighted by molar-refractivity contribution is 5.75. The Bertz CT molecular complexity index is 398. The molecular weight excluding hydrogens is 290 g/mol. The molecule has 0 amide bonds. The lowest BCUT2D eigenvalue weighted by Gasteiger charge is -2.42. The van der Waals surface area contributed by atoms with E-state index in [1.165, 1.54) is 52.2 Å². The smallest absolute Gasteiger partial charge is 0.323 e. The molecule has 3 atom stereocenters. The van der Waals surface area contributed by atoms with E-state index < -0.39 is 0 Å². The third-order valence-corrected chi connectivity index (χ3v) is 6.17. The van der Waals surface area contributed by atoms with E-state index in [-0.39, 0.29) is 12.0 Å². The van der Waals surface area contributed by atoms with Gasteiger partial charge in [-0.3, -0.25) is 9.69 Å². The average Bonchev–Trinajstić information content (AvgIpc) is 2.97. The van der Waals surface area contributed by atoms with Gasteiger partial charge in [0.2, 0.25) is 0 Å². The zero-order valence-electron chi connectivity index (χ0n) is 14.9. The van der Waals surface area contributed by atoms with Gasteiger partial charge < -0.3 is 10.1 Å². The van der Waals surface area contributed by atoms with Gasteiger partial charge in [0.1, 0.15) is 18.8 Å². The number of carbonyl (C=O) groups excluding carboxylic acids is 1. The molecule has 0 bridgehead atoms. The lowest BCUT2D eigenvalue weighted by molar-refractivity contribution is -0.678. The van der Waals surface area contributed by atoms with Crippen molar-refractivity contribution >= 4 is 5.97 Å². The summed E-state index contributed by atoms with van der Waals surface area (Å²) in [5.41, 5.74) is 0. The maximum Gasteiger partial charge on any atom is 0.323 e. The minimum Gasteiger partial charge on any atom is -0.468 e. The topological polar surface area (TPSA) is 49.4 Å². The number of fused-ring (bicyclic) bond motifs is 1.